The highest BCUT2D eigenvalue weighted by Gasteiger charge is 2.12. The Morgan fingerprint density at radius 2 is 1.96 bits per heavy atom. The maximum Gasteiger partial charge on any atom is 0.270 e. The number of aromatic nitrogens is 3. The lowest BCUT2D eigenvalue weighted by Crippen LogP contribution is -2.12. The highest BCUT2D eigenvalue weighted by atomic mass is 16.6. The van der Waals surface area contributed by atoms with Gasteiger partial charge in [0.1, 0.15) is 0 Å². The van der Waals surface area contributed by atoms with Crippen molar-refractivity contribution in [3.63, 3.8) is 0 Å². The smallest absolute Gasteiger partial charge is 0.270 e. The number of carbonyl (C=O) groups is 1. The number of imidazole rings is 1. The molecular formula is C19H13N5O3. The van der Waals surface area contributed by atoms with Crippen LogP contribution in [0.2, 0.25) is 0 Å². The van der Waals surface area contributed by atoms with Crippen LogP contribution >= 0.6 is 0 Å². The van der Waals surface area contributed by atoms with Crippen LogP contribution in [-0.4, -0.2) is 25.2 Å². The molecule has 0 aliphatic rings. The van der Waals surface area contributed by atoms with E-state index in [1.165, 1.54) is 24.3 Å². The van der Waals surface area contributed by atoms with Gasteiger partial charge in [-0.25, -0.2) is 9.97 Å². The maximum atomic E-state index is 12.4. The number of amides is 1. The first-order valence-corrected chi connectivity index (χ1v) is 8.06. The largest absolute Gasteiger partial charge is 0.322 e. The summed E-state index contributed by atoms with van der Waals surface area (Å²) in [6.45, 7) is 0. The van der Waals surface area contributed by atoms with Gasteiger partial charge in [-0.3, -0.25) is 19.3 Å². The summed E-state index contributed by atoms with van der Waals surface area (Å²) in [5.41, 5.74) is 2.19. The van der Waals surface area contributed by atoms with Gasteiger partial charge in [-0.1, -0.05) is 18.2 Å². The average molecular weight is 359 g/mol. The van der Waals surface area contributed by atoms with Crippen LogP contribution in [0, 0.1) is 10.1 Å². The topological polar surface area (TPSA) is 102 Å². The van der Waals surface area contributed by atoms with Crippen LogP contribution in [0.25, 0.3) is 17.0 Å². The van der Waals surface area contributed by atoms with Crippen LogP contribution in [-0.2, 0) is 0 Å². The molecule has 0 atom stereocenters. The molecule has 2 heterocycles. The van der Waals surface area contributed by atoms with E-state index >= 15 is 0 Å². The fourth-order valence-corrected chi connectivity index (χ4v) is 2.69. The third-order valence-electron chi connectivity index (χ3n) is 3.97. The molecule has 1 amide bonds. The number of non-ortho nitro benzene ring substituents is 1. The Labute approximate surface area is 153 Å². The average Bonchev–Trinajstić information content (AvgIpc) is 3.12. The molecule has 0 fully saturated rings. The fourth-order valence-electron chi connectivity index (χ4n) is 2.69. The first kappa shape index (κ1) is 16.4. The van der Waals surface area contributed by atoms with Gasteiger partial charge in [0, 0.05) is 47.5 Å². The fraction of sp³-hybridized carbons (Fsp3) is 0. The summed E-state index contributed by atoms with van der Waals surface area (Å²) in [4.78, 5) is 31.4. The van der Waals surface area contributed by atoms with E-state index in [0.717, 1.165) is 11.3 Å². The second-order valence-corrected chi connectivity index (χ2v) is 5.80. The summed E-state index contributed by atoms with van der Waals surface area (Å²) < 4.78 is 1.81. The molecule has 0 saturated heterocycles. The molecule has 0 unspecified atom stereocenters. The van der Waals surface area contributed by atoms with Gasteiger partial charge in [-0.2, -0.15) is 0 Å². The van der Waals surface area contributed by atoms with Gasteiger partial charge >= 0.3 is 0 Å². The Morgan fingerprint density at radius 1 is 1.11 bits per heavy atom. The number of fused-ring (bicyclic) bond motifs is 1. The second kappa shape index (κ2) is 6.68. The molecule has 0 bridgehead atoms. The normalized spacial score (nSPS) is 10.7. The van der Waals surface area contributed by atoms with Crippen LogP contribution < -0.4 is 5.32 Å². The highest BCUT2D eigenvalue weighted by molar-refractivity contribution is 6.04. The van der Waals surface area contributed by atoms with Gasteiger partial charge in [-0.15, -0.1) is 0 Å². The first-order chi connectivity index (χ1) is 13.1. The van der Waals surface area contributed by atoms with Crippen LogP contribution in [0.3, 0.4) is 0 Å². The Bertz CT molecular complexity index is 1140. The van der Waals surface area contributed by atoms with E-state index in [1.54, 1.807) is 24.4 Å². The monoisotopic (exact) mass is 359 g/mol. The SMILES string of the molecule is O=C(Nc1cccc(-c2cn3cccnc3n2)c1)c1cccc([N+](=O)[O-])c1. The van der Waals surface area contributed by atoms with Gasteiger partial charge in [0.2, 0.25) is 5.78 Å². The van der Waals surface area contributed by atoms with Crippen molar-refractivity contribution < 1.29 is 9.72 Å². The molecule has 132 valence electrons. The van der Waals surface area contributed by atoms with Crippen LogP contribution in [0.5, 0.6) is 0 Å². The van der Waals surface area contributed by atoms with Crippen molar-refractivity contribution in [2.24, 2.45) is 0 Å². The maximum absolute atomic E-state index is 12.4. The van der Waals surface area contributed by atoms with Crippen molar-refractivity contribution in [1.82, 2.24) is 14.4 Å². The zero-order valence-electron chi connectivity index (χ0n) is 13.9. The number of hydrogen-bond donors (Lipinski definition) is 1. The number of nitrogens with one attached hydrogen (secondary N) is 1. The summed E-state index contributed by atoms with van der Waals surface area (Å²) in [6.07, 6.45) is 5.37. The number of nitro benzene ring substituents is 1. The van der Waals surface area contributed by atoms with Crippen LogP contribution in [0.1, 0.15) is 10.4 Å². The second-order valence-electron chi connectivity index (χ2n) is 5.80. The number of benzene rings is 2. The van der Waals surface area contributed by atoms with Gasteiger partial charge < -0.3 is 5.32 Å². The van der Waals surface area contributed by atoms with Crippen molar-refractivity contribution in [2.45, 2.75) is 0 Å². The summed E-state index contributed by atoms with van der Waals surface area (Å²) >= 11 is 0. The highest BCUT2D eigenvalue weighted by Crippen LogP contribution is 2.23. The Morgan fingerprint density at radius 3 is 2.78 bits per heavy atom. The molecule has 0 spiro atoms. The molecule has 2 aromatic carbocycles. The number of anilines is 1. The Balaban J connectivity index is 1.60. The summed E-state index contributed by atoms with van der Waals surface area (Å²) in [6, 6.07) is 14.6. The summed E-state index contributed by atoms with van der Waals surface area (Å²) in [5, 5.41) is 13.6. The quantitative estimate of drug-likeness (QED) is 0.443. The Hall–Kier alpha value is -4.07. The van der Waals surface area contributed by atoms with Crippen molar-refractivity contribution in [3.8, 4) is 11.3 Å². The van der Waals surface area contributed by atoms with Crippen molar-refractivity contribution in [3.05, 3.63) is 88.9 Å². The minimum Gasteiger partial charge on any atom is -0.322 e. The van der Waals surface area contributed by atoms with Gasteiger partial charge in [0.05, 0.1) is 10.6 Å². The van der Waals surface area contributed by atoms with Gasteiger partial charge in [0.15, 0.2) is 0 Å². The molecule has 27 heavy (non-hydrogen) atoms. The molecule has 0 saturated carbocycles. The lowest BCUT2D eigenvalue weighted by atomic mass is 10.1. The zero-order chi connectivity index (χ0) is 18.8. The van der Waals surface area contributed by atoms with E-state index in [1.807, 2.05) is 28.9 Å². The summed E-state index contributed by atoms with van der Waals surface area (Å²) in [7, 11) is 0. The predicted octanol–water partition coefficient (Wildman–Crippen LogP) is 3.56. The van der Waals surface area contributed by atoms with Crippen molar-refractivity contribution in [2.75, 3.05) is 5.32 Å². The van der Waals surface area contributed by atoms with Gasteiger partial charge in [0.25, 0.3) is 11.6 Å². The van der Waals surface area contributed by atoms with E-state index in [2.05, 4.69) is 15.3 Å². The van der Waals surface area contributed by atoms with Crippen molar-refractivity contribution in [1.29, 1.82) is 0 Å². The summed E-state index contributed by atoms with van der Waals surface area (Å²) in [5.74, 6) is 0.158. The molecule has 4 aromatic rings. The lowest BCUT2D eigenvalue weighted by molar-refractivity contribution is -0.384. The molecule has 8 nitrogen and oxygen atoms in total. The minimum atomic E-state index is -0.533. The van der Waals surface area contributed by atoms with Crippen LogP contribution in [0.4, 0.5) is 11.4 Å². The zero-order valence-corrected chi connectivity index (χ0v) is 13.9. The third kappa shape index (κ3) is 3.36. The van der Waals surface area contributed by atoms with Crippen LogP contribution in [0.15, 0.2) is 73.2 Å². The van der Waals surface area contributed by atoms with E-state index in [0.29, 0.717) is 11.5 Å². The van der Waals surface area contributed by atoms with E-state index in [9.17, 15) is 14.9 Å². The number of nitrogens with zero attached hydrogens (tertiary/aromatic N) is 4. The molecular weight excluding hydrogens is 346 g/mol. The number of rotatable bonds is 4. The third-order valence-corrected chi connectivity index (χ3v) is 3.97. The van der Waals surface area contributed by atoms with Crippen molar-refractivity contribution >= 4 is 23.1 Å². The number of carbonyl (C=O) groups excluding carboxylic acids is 1. The van der Waals surface area contributed by atoms with E-state index in [-0.39, 0.29) is 11.3 Å². The molecule has 2 aromatic heterocycles. The standard InChI is InChI=1S/C19H13N5O3/c25-18(14-5-2-7-16(11-14)24(26)27)21-15-6-1-4-13(10-15)17-12-23-9-3-8-20-19(23)22-17/h1-12H,(H,21,25). The predicted molar refractivity (Wildman–Crippen MR) is 99.5 cm³/mol. The molecule has 0 radical (unpaired) electrons. The molecule has 4 rings (SSSR count). The van der Waals surface area contributed by atoms with Gasteiger partial charge in [-0.05, 0) is 24.3 Å². The number of hydrogen-bond acceptors (Lipinski definition) is 5. The molecule has 8 heteroatoms. The number of nitro groups is 1. The Kier molecular flexibility index (Phi) is 4.06. The lowest BCUT2D eigenvalue weighted by Gasteiger charge is -2.06. The first-order valence-electron chi connectivity index (χ1n) is 8.06. The molecule has 1 N–H and O–H groups in total. The minimum absolute atomic E-state index is 0.131. The van der Waals surface area contributed by atoms with E-state index in [4.69, 9.17) is 0 Å². The van der Waals surface area contributed by atoms with E-state index < -0.39 is 10.8 Å². The molecule has 0 aliphatic heterocycles. The molecule has 0 aliphatic carbocycles.